The Morgan fingerprint density at radius 2 is 2.00 bits per heavy atom. The van der Waals surface area contributed by atoms with Crippen molar-refractivity contribution in [2.75, 3.05) is 18.0 Å². The summed E-state index contributed by atoms with van der Waals surface area (Å²) in [7, 11) is 0. The van der Waals surface area contributed by atoms with Crippen molar-refractivity contribution in [1.82, 2.24) is 4.98 Å². The van der Waals surface area contributed by atoms with Gasteiger partial charge >= 0.3 is 0 Å². The van der Waals surface area contributed by atoms with Crippen LogP contribution in [0.25, 0.3) is 10.9 Å². The minimum Gasteiger partial charge on any atom is -0.349 e. The van der Waals surface area contributed by atoms with Crippen LogP contribution < -0.4 is 4.90 Å². The molecule has 2 aromatic rings. The van der Waals surface area contributed by atoms with E-state index in [2.05, 4.69) is 16.0 Å². The van der Waals surface area contributed by atoms with Crippen LogP contribution in [0.15, 0.2) is 36.4 Å². The third kappa shape index (κ3) is 2.00. The summed E-state index contributed by atoms with van der Waals surface area (Å²) in [4.78, 5) is 18.1. The normalized spacial score (nSPS) is 16.5. The summed E-state index contributed by atoms with van der Waals surface area (Å²) < 4.78 is 0. The third-order valence-corrected chi connectivity index (χ3v) is 3.16. The lowest BCUT2D eigenvalue weighted by molar-refractivity contribution is -0.118. The number of piperidine rings is 1. The number of hydrogen-bond donors (Lipinski definition) is 0. The molecule has 1 saturated heterocycles. The second-order valence-corrected chi connectivity index (χ2v) is 4.43. The van der Waals surface area contributed by atoms with Crippen molar-refractivity contribution in [3.05, 3.63) is 36.4 Å². The second-order valence-electron chi connectivity index (χ2n) is 4.43. The number of carbonyl (C=O) groups excluding carboxylic acids is 1. The highest BCUT2D eigenvalue weighted by Crippen LogP contribution is 2.20. The quantitative estimate of drug-likeness (QED) is 0.748. The summed E-state index contributed by atoms with van der Waals surface area (Å²) in [5, 5.41) is 1.14. The molecule has 1 aliphatic heterocycles. The van der Waals surface area contributed by atoms with Gasteiger partial charge in [0.25, 0.3) is 0 Å². The van der Waals surface area contributed by atoms with E-state index in [1.54, 1.807) is 0 Å². The highest BCUT2D eigenvalue weighted by molar-refractivity contribution is 5.85. The van der Waals surface area contributed by atoms with E-state index in [-0.39, 0.29) is 0 Å². The largest absolute Gasteiger partial charge is 0.349 e. The molecule has 3 rings (SSSR count). The Balaban J connectivity index is 1.97. The van der Waals surface area contributed by atoms with Gasteiger partial charge in [0.05, 0.1) is 12.1 Å². The van der Waals surface area contributed by atoms with Gasteiger partial charge in [0.15, 0.2) is 5.78 Å². The number of carbonyl (C=O) groups is 1. The van der Waals surface area contributed by atoms with Crippen molar-refractivity contribution >= 4 is 22.5 Å². The molecule has 3 nitrogen and oxygen atoms in total. The number of benzene rings is 1. The molecule has 0 radical (unpaired) electrons. The number of aromatic nitrogens is 1. The molecule has 0 atom stereocenters. The molecule has 0 saturated carbocycles. The molecular weight excluding hydrogens is 212 g/mol. The van der Waals surface area contributed by atoms with Crippen LogP contribution in [-0.4, -0.2) is 23.9 Å². The van der Waals surface area contributed by atoms with Crippen LogP contribution in [0.4, 0.5) is 5.82 Å². The lowest BCUT2D eigenvalue weighted by Gasteiger charge is -2.26. The van der Waals surface area contributed by atoms with E-state index >= 15 is 0 Å². The molecule has 1 aliphatic rings. The maximum Gasteiger partial charge on any atom is 0.152 e. The number of para-hydroxylation sites is 1. The summed E-state index contributed by atoms with van der Waals surface area (Å²) >= 11 is 0. The predicted octanol–water partition coefficient (Wildman–Crippen LogP) is 2.40. The first kappa shape index (κ1) is 10.3. The summed E-state index contributed by atoms with van der Waals surface area (Å²) in [6, 6.07) is 12.1. The Labute approximate surface area is 100 Å². The number of Topliss-reactive ketones (excluding diaryl/α,β-unsaturated/α-hetero) is 1. The fraction of sp³-hybridized carbons (Fsp3) is 0.286. The van der Waals surface area contributed by atoms with Crippen molar-refractivity contribution in [3.8, 4) is 0 Å². The monoisotopic (exact) mass is 226 g/mol. The van der Waals surface area contributed by atoms with Gasteiger partial charge in [-0.1, -0.05) is 18.2 Å². The number of fused-ring (bicyclic) bond motifs is 1. The van der Waals surface area contributed by atoms with Crippen LogP contribution in [0.5, 0.6) is 0 Å². The van der Waals surface area contributed by atoms with Gasteiger partial charge in [-0.15, -0.1) is 0 Å². The molecule has 17 heavy (non-hydrogen) atoms. The fourth-order valence-electron chi connectivity index (χ4n) is 2.27. The van der Waals surface area contributed by atoms with Gasteiger partial charge in [0.2, 0.25) is 0 Å². The third-order valence-electron chi connectivity index (χ3n) is 3.16. The zero-order chi connectivity index (χ0) is 11.7. The Morgan fingerprint density at radius 1 is 1.12 bits per heavy atom. The first-order valence-corrected chi connectivity index (χ1v) is 5.95. The van der Waals surface area contributed by atoms with Gasteiger partial charge in [-0.3, -0.25) is 4.79 Å². The summed E-state index contributed by atoms with van der Waals surface area (Å²) in [5.74, 6) is 1.22. The Morgan fingerprint density at radius 3 is 2.88 bits per heavy atom. The number of hydrogen-bond acceptors (Lipinski definition) is 3. The zero-order valence-electron chi connectivity index (χ0n) is 9.60. The molecule has 0 N–H and O–H groups in total. The van der Waals surface area contributed by atoms with Crippen molar-refractivity contribution in [2.45, 2.75) is 12.8 Å². The summed E-state index contributed by atoms with van der Waals surface area (Å²) in [6.45, 7) is 1.43. The predicted molar refractivity (Wildman–Crippen MR) is 68.2 cm³/mol. The van der Waals surface area contributed by atoms with Crippen molar-refractivity contribution in [3.63, 3.8) is 0 Å². The number of pyridine rings is 1. The molecule has 1 aromatic heterocycles. The number of nitrogens with zero attached hydrogens (tertiary/aromatic N) is 2. The van der Waals surface area contributed by atoms with Crippen molar-refractivity contribution in [1.29, 1.82) is 0 Å². The van der Waals surface area contributed by atoms with E-state index in [0.29, 0.717) is 18.7 Å². The highest BCUT2D eigenvalue weighted by atomic mass is 16.1. The van der Waals surface area contributed by atoms with Gasteiger partial charge in [-0.25, -0.2) is 4.98 Å². The molecule has 1 aromatic carbocycles. The lowest BCUT2D eigenvalue weighted by atomic mass is 10.1. The molecule has 0 aliphatic carbocycles. The maximum atomic E-state index is 11.4. The van der Waals surface area contributed by atoms with E-state index < -0.39 is 0 Å². The zero-order valence-corrected chi connectivity index (χ0v) is 9.60. The van der Waals surface area contributed by atoms with Crippen molar-refractivity contribution < 1.29 is 4.79 Å². The van der Waals surface area contributed by atoms with Gasteiger partial charge in [0.1, 0.15) is 5.82 Å². The molecule has 0 amide bonds. The second kappa shape index (κ2) is 4.17. The van der Waals surface area contributed by atoms with Crippen LogP contribution in [0, 0.1) is 0 Å². The molecule has 3 heteroatoms. The summed E-state index contributed by atoms with van der Waals surface area (Å²) in [6.07, 6.45) is 1.65. The van der Waals surface area contributed by atoms with Crippen LogP contribution in [0.1, 0.15) is 12.8 Å². The molecule has 0 unspecified atom stereocenters. The minimum absolute atomic E-state index is 0.311. The summed E-state index contributed by atoms with van der Waals surface area (Å²) in [5.41, 5.74) is 0.989. The Hall–Kier alpha value is -1.90. The number of anilines is 1. The van der Waals surface area contributed by atoms with Crippen LogP contribution in [-0.2, 0) is 4.79 Å². The van der Waals surface area contributed by atoms with Gasteiger partial charge in [-0.05, 0) is 24.6 Å². The topological polar surface area (TPSA) is 33.2 Å². The molecule has 0 spiro atoms. The van der Waals surface area contributed by atoms with Crippen molar-refractivity contribution in [2.24, 2.45) is 0 Å². The van der Waals surface area contributed by atoms with Gasteiger partial charge < -0.3 is 4.90 Å². The van der Waals surface area contributed by atoms with E-state index in [4.69, 9.17) is 0 Å². The van der Waals surface area contributed by atoms with Gasteiger partial charge in [0, 0.05) is 18.4 Å². The standard InChI is InChI=1S/C14H14N2O/c17-12-5-3-9-16(10-12)14-8-7-11-4-1-2-6-13(11)15-14/h1-2,4,6-8H,3,5,9-10H2. The highest BCUT2D eigenvalue weighted by Gasteiger charge is 2.17. The van der Waals surface area contributed by atoms with E-state index in [1.165, 1.54) is 0 Å². The van der Waals surface area contributed by atoms with E-state index in [9.17, 15) is 4.79 Å². The molecular formula is C14H14N2O. The minimum atomic E-state index is 0.311. The molecule has 86 valence electrons. The lowest BCUT2D eigenvalue weighted by Crippen LogP contribution is -2.36. The Bertz CT molecular complexity index is 565. The molecule has 2 heterocycles. The Kier molecular flexibility index (Phi) is 2.52. The first-order valence-electron chi connectivity index (χ1n) is 5.95. The van der Waals surface area contributed by atoms with Gasteiger partial charge in [-0.2, -0.15) is 0 Å². The average molecular weight is 226 g/mol. The molecule has 0 bridgehead atoms. The SMILES string of the molecule is O=C1CCCN(c2ccc3ccccc3n2)C1. The van der Waals surface area contributed by atoms with E-state index in [1.807, 2.05) is 30.3 Å². The van der Waals surface area contributed by atoms with Crippen LogP contribution in [0.2, 0.25) is 0 Å². The fourth-order valence-corrected chi connectivity index (χ4v) is 2.27. The number of ketones is 1. The smallest absolute Gasteiger partial charge is 0.152 e. The average Bonchev–Trinajstić information content (AvgIpc) is 2.38. The van der Waals surface area contributed by atoms with Crippen LogP contribution in [0.3, 0.4) is 0 Å². The first-order chi connectivity index (χ1) is 8.33. The van der Waals surface area contributed by atoms with E-state index in [0.717, 1.165) is 29.7 Å². The number of rotatable bonds is 1. The maximum absolute atomic E-state index is 11.4. The molecule has 1 fully saturated rings. The van der Waals surface area contributed by atoms with Crippen LogP contribution >= 0.6 is 0 Å².